The van der Waals surface area contributed by atoms with Crippen molar-refractivity contribution in [2.45, 2.75) is 13.3 Å². The summed E-state index contributed by atoms with van der Waals surface area (Å²) in [5, 5.41) is 9.80. The summed E-state index contributed by atoms with van der Waals surface area (Å²) >= 11 is 1.42. The van der Waals surface area contributed by atoms with Crippen molar-refractivity contribution in [3.63, 3.8) is 0 Å². The van der Waals surface area contributed by atoms with E-state index in [0.717, 1.165) is 22.2 Å². The van der Waals surface area contributed by atoms with Gasteiger partial charge in [0.15, 0.2) is 11.5 Å². The third-order valence-electron chi connectivity index (χ3n) is 2.58. The number of hydrogen-bond acceptors (Lipinski definition) is 5. The third-order valence-corrected chi connectivity index (χ3v) is 3.71. The maximum atomic E-state index is 8.88. The van der Waals surface area contributed by atoms with Crippen molar-refractivity contribution >= 4 is 11.3 Å². The zero-order valence-corrected chi connectivity index (χ0v) is 11.7. The van der Waals surface area contributed by atoms with E-state index in [1.54, 1.807) is 7.11 Å². The number of thiazole rings is 1. The van der Waals surface area contributed by atoms with Gasteiger partial charge in [0.1, 0.15) is 10.9 Å². The number of nitriles is 1. The van der Waals surface area contributed by atoms with Crippen molar-refractivity contribution in [1.82, 2.24) is 4.98 Å². The second-order valence-corrected chi connectivity index (χ2v) is 4.97. The van der Waals surface area contributed by atoms with Gasteiger partial charge in [-0.15, -0.1) is 11.3 Å². The Kier molecular flexibility index (Phi) is 4.37. The molecule has 0 amide bonds. The number of benzene rings is 1. The van der Waals surface area contributed by atoms with Gasteiger partial charge in [-0.25, -0.2) is 4.98 Å². The number of nitrogens with zero attached hydrogens (tertiary/aromatic N) is 2. The van der Waals surface area contributed by atoms with E-state index in [9.17, 15) is 0 Å². The maximum absolute atomic E-state index is 8.88. The maximum Gasteiger partial charge on any atom is 0.161 e. The molecule has 2 aromatic rings. The number of methoxy groups -OCH3 is 1. The highest BCUT2D eigenvalue weighted by molar-refractivity contribution is 7.12. The molecule has 0 fully saturated rings. The second-order valence-electron chi connectivity index (χ2n) is 3.88. The van der Waals surface area contributed by atoms with Gasteiger partial charge in [0.05, 0.1) is 24.4 Å². The fourth-order valence-corrected chi connectivity index (χ4v) is 2.49. The number of rotatable bonds is 5. The first-order valence-electron chi connectivity index (χ1n) is 5.87. The van der Waals surface area contributed by atoms with Gasteiger partial charge in [-0.05, 0) is 19.1 Å². The molecule has 19 heavy (non-hydrogen) atoms. The van der Waals surface area contributed by atoms with Gasteiger partial charge in [-0.3, -0.25) is 0 Å². The van der Waals surface area contributed by atoms with Gasteiger partial charge < -0.3 is 9.47 Å². The van der Waals surface area contributed by atoms with Gasteiger partial charge in [-0.2, -0.15) is 5.26 Å². The fraction of sp³-hybridized carbons (Fsp3) is 0.286. The van der Waals surface area contributed by atoms with E-state index >= 15 is 0 Å². The molecule has 98 valence electrons. The average molecular weight is 274 g/mol. The van der Waals surface area contributed by atoms with Crippen LogP contribution in [0.4, 0.5) is 0 Å². The van der Waals surface area contributed by atoms with Crippen molar-refractivity contribution < 1.29 is 9.47 Å². The van der Waals surface area contributed by atoms with E-state index in [1.165, 1.54) is 11.3 Å². The molecule has 0 saturated heterocycles. The highest BCUT2D eigenvalue weighted by Gasteiger charge is 2.08. The Labute approximate surface area is 116 Å². The van der Waals surface area contributed by atoms with Crippen LogP contribution in [0.3, 0.4) is 0 Å². The number of para-hydroxylation sites is 2. The number of aromatic nitrogens is 1. The molecule has 0 aliphatic rings. The first-order chi connectivity index (χ1) is 9.24. The summed E-state index contributed by atoms with van der Waals surface area (Å²) < 4.78 is 10.9. The lowest BCUT2D eigenvalue weighted by molar-refractivity contribution is 0.297. The number of hydrogen-bond donors (Lipinski definition) is 0. The summed E-state index contributed by atoms with van der Waals surface area (Å²) in [7, 11) is 1.62. The lowest BCUT2D eigenvalue weighted by Gasteiger charge is -2.09. The summed E-state index contributed by atoms with van der Waals surface area (Å²) in [6.45, 7) is 2.36. The third kappa shape index (κ3) is 3.24. The van der Waals surface area contributed by atoms with E-state index in [2.05, 4.69) is 11.1 Å². The first kappa shape index (κ1) is 13.4. The molecule has 0 atom stereocenters. The number of aryl methyl sites for hydroxylation is 1. The lowest BCUT2D eigenvalue weighted by Crippen LogP contribution is -2.02. The monoisotopic (exact) mass is 274 g/mol. The minimum absolute atomic E-state index is 0.512. The smallest absolute Gasteiger partial charge is 0.161 e. The predicted molar refractivity (Wildman–Crippen MR) is 73.8 cm³/mol. The first-order valence-corrected chi connectivity index (χ1v) is 6.68. The van der Waals surface area contributed by atoms with E-state index in [1.807, 2.05) is 31.2 Å². The molecule has 1 aromatic carbocycles. The standard InChI is InChI=1S/C14H14N2O2S/c1-10-13(9-15)19-14(16-10)7-8-18-12-6-4-3-5-11(12)17-2/h3-6H,7-8H2,1-2H3. The van der Waals surface area contributed by atoms with Crippen LogP contribution < -0.4 is 9.47 Å². The molecular weight excluding hydrogens is 260 g/mol. The molecule has 1 heterocycles. The van der Waals surface area contributed by atoms with Gasteiger partial charge in [0.25, 0.3) is 0 Å². The van der Waals surface area contributed by atoms with Gasteiger partial charge in [0, 0.05) is 6.42 Å². The summed E-state index contributed by atoms with van der Waals surface area (Å²) in [6.07, 6.45) is 0.686. The summed E-state index contributed by atoms with van der Waals surface area (Å²) in [5.74, 6) is 1.44. The molecule has 0 N–H and O–H groups in total. The van der Waals surface area contributed by atoms with Crippen LogP contribution in [0.2, 0.25) is 0 Å². The van der Waals surface area contributed by atoms with E-state index in [0.29, 0.717) is 17.9 Å². The Balaban J connectivity index is 1.94. The molecule has 0 aliphatic heterocycles. The molecule has 0 bridgehead atoms. The predicted octanol–water partition coefficient (Wildman–Crippen LogP) is 2.95. The van der Waals surface area contributed by atoms with Crippen LogP contribution in [-0.4, -0.2) is 18.7 Å². The zero-order valence-electron chi connectivity index (χ0n) is 10.8. The van der Waals surface area contributed by atoms with Gasteiger partial charge >= 0.3 is 0 Å². The van der Waals surface area contributed by atoms with Crippen molar-refractivity contribution in [2.24, 2.45) is 0 Å². The molecule has 1 aromatic heterocycles. The SMILES string of the molecule is COc1ccccc1OCCc1nc(C)c(C#N)s1. The Bertz CT molecular complexity index is 602. The highest BCUT2D eigenvalue weighted by atomic mass is 32.1. The van der Waals surface area contributed by atoms with E-state index < -0.39 is 0 Å². The summed E-state index contributed by atoms with van der Waals surface area (Å²) in [6, 6.07) is 9.66. The zero-order chi connectivity index (χ0) is 13.7. The van der Waals surface area contributed by atoms with Crippen LogP contribution in [0, 0.1) is 18.3 Å². The van der Waals surface area contributed by atoms with Crippen molar-refractivity contribution in [1.29, 1.82) is 5.26 Å². The van der Waals surface area contributed by atoms with Crippen molar-refractivity contribution in [3.05, 3.63) is 39.8 Å². The minimum atomic E-state index is 0.512. The van der Waals surface area contributed by atoms with Crippen molar-refractivity contribution in [2.75, 3.05) is 13.7 Å². The molecule has 0 unspecified atom stereocenters. The van der Waals surface area contributed by atoms with Crippen LogP contribution in [0.15, 0.2) is 24.3 Å². The largest absolute Gasteiger partial charge is 0.493 e. The molecule has 5 heteroatoms. The average Bonchev–Trinajstić information content (AvgIpc) is 2.79. The van der Waals surface area contributed by atoms with Gasteiger partial charge in [0.2, 0.25) is 0 Å². The number of ether oxygens (including phenoxy) is 2. The minimum Gasteiger partial charge on any atom is -0.493 e. The van der Waals surface area contributed by atoms with E-state index in [-0.39, 0.29) is 0 Å². The molecule has 0 aliphatic carbocycles. The topological polar surface area (TPSA) is 55.1 Å². The van der Waals surface area contributed by atoms with Crippen molar-refractivity contribution in [3.8, 4) is 17.6 Å². The Morgan fingerprint density at radius 1 is 1.32 bits per heavy atom. The Hall–Kier alpha value is -2.06. The quantitative estimate of drug-likeness (QED) is 0.841. The van der Waals surface area contributed by atoms with Crippen LogP contribution in [0.1, 0.15) is 15.6 Å². The molecule has 2 rings (SSSR count). The summed E-state index contributed by atoms with van der Waals surface area (Å²) in [5.41, 5.74) is 0.791. The molecule has 0 saturated carbocycles. The normalized spacial score (nSPS) is 9.95. The van der Waals surface area contributed by atoms with Crippen LogP contribution in [-0.2, 0) is 6.42 Å². The fourth-order valence-electron chi connectivity index (χ4n) is 1.65. The van der Waals surface area contributed by atoms with Crippen LogP contribution in [0.5, 0.6) is 11.5 Å². The van der Waals surface area contributed by atoms with Crippen LogP contribution in [0.25, 0.3) is 0 Å². The highest BCUT2D eigenvalue weighted by Crippen LogP contribution is 2.26. The summed E-state index contributed by atoms with van der Waals surface area (Å²) in [4.78, 5) is 5.01. The van der Waals surface area contributed by atoms with Gasteiger partial charge in [-0.1, -0.05) is 12.1 Å². The van der Waals surface area contributed by atoms with Crippen LogP contribution >= 0.6 is 11.3 Å². The van der Waals surface area contributed by atoms with E-state index in [4.69, 9.17) is 14.7 Å². The lowest BCUT2D eigenvalue weighted by atomic mass is 10.3. The molecule has 4 nitrogen and oxygen atoms in total. The Morgan fingerprint density at radius 3 is 2.68 bits per heavy atom. The molecule has 0 radical (unpaired) electrons. The Morgan fingerprint density at radius 2 is 2.05 bits per heavy atom. The second kappa shape index (κ2) is 6.21. The molecule has 0 spiro atoms. The molecular formula is C14H14N2O2S.